The summed E-state index contributed by atoms with van der Waals surface area (Å²) >= 11 is 0. The molecule has 1 heterocycles. The SMILES string of the molecule is CC1CCC2(CC1)CN([C@@H](CCC(=O)OCc1ccccc1)C(=O)OCc1ccccc1)C2=O. The topological polar surface area (TPSA) is 72.9 Å². The summed E-state index contributed by atoms with van der Waals surface area (Å²) in [5, 5.41) is 0. The average molecular weight is 464 g/mol. The number of carbonyl (C=O) groups excluding carboxylic acids is 3. The molecule has 0 N–H and O–H groups in total. The van der Waals surface area contributed by atoms with Crippen molar-refractivity contribution < 1.29 is 23.9 Å². The summed E-state index contributed by atoms with van der Waals surface area (Å²) < 4.78 is 10.9. The molecule has 1 aliphatic carbocycles. The van der Waals surface area contributed by atoms with Crippen molar-refractivity contribution in [3.05, 3.63) is 71.8 Å². The fourth-order valence-electron chi connectivity index (χ4n) is 4.91. The van der Waals surface area contributed by atoms with E-state index in [1.165, 1.54) is 0 Å². The third-order valence-corrected chi connectivity index (χ3v) is 7.16. The lowest BCUT2D eigenvalue weighted by Crippen LogP contribution is -2.66. The second-order valence-electron chi connectivity index (χ2n) is 9.69. The highest BCUT2D eigenvalue weighted by atomic mass is 16.5. The standard InChI is InChI=1S/C28H33NO5/c1-21-14-16-28(17-15-21)20-29(27(28)32)24(26(31)34-19-23-10-6-3-7-11-23)12-13-25(30)33-18-22-8-4-2-5-9-22/h2-11,21,24H,12-20H2,1H3/t21?,24-,28?/m0/s1. The van der Waals surface area contributed by atoms with E-state index in [2.05, 4.69) is 6.92 Å². The van der Waals surface area contributed by atoms with Gasteiger partial charge in [0.05, 0.1) is 5.41 Å². The van der Waals surface area contributed by atoms with Crippen molar-refractivity contribution in [3.63, 3.8) is 0 Å². The summed E-state index contributed by atoms with van der Waals surface area (Å²) in [6, 6.07) is 18.1. The van der Waals surface area contributed by atoms with Gasteiger partial charge in [0.25, 0.3) is 0 Å². The summed E-state index contributed by atoms with van der Waals surface area (Å²) in [6.07, 6.45) is 4.05. The largest absolute Gasteiger partial charge is 0.461 e. The van der Waals surface area contributed by atoms with Gasteiger partial charge in [0.1, 0.15) is 19.3 Å². The van der Waals surface area contributed by atoms with Gasteiger partial charge in [0.15, 0.2) is 0 Å². The first-order valence-corrected chi connectivity index (χ1v) is 12.2. The van der Waals surface area contributed by atoms with Gasteiger partial charge in [-0.05, 0) is 49.1 Å². The molecule has 1 atom stereocenters. The van der Waals surface area contributed by atoms with Crippen molar-refractivity contribution in [1.82, 2.24) is 4.90 Å². The number of hydrogen-bond acceptors (Lipinski definition) is 5. The molecule has 6 heteroatoms. The zero-order valence-corrected chi connectivity index (χ0v) is 19.8. The monoisotopic (exact) mass is 463 g/mol. The molecule has 2 aliphatic rings. The Kier molecular flexibility index (Phi) is 7.66. The number of hydrogen-bond donors (Lipinski definition) is 0. The van der Waals surface area contributed by atoms with Gasteiger partial charge in [-0.3, -0.25) is 9.59 Å². The van der Waals surface area contributed by atoms with Crippen LogP contribution in [0, 0.1) is 11.3 Å². The summed E-state index contributed by atoms with van der Waals surface area (Å²) in [4.78, 5) is 40.3. The van der Waals surface area contributed by atoms with Crippen LogP contribution in [0.25, 0.3) is 0 Å². The number of esters is 2. The van der Waals surface area contributed by atoms with E-state index in [0.29, 0.717) is 12.5 Å². The summed E-state index contributed by atoms with van der Waals surface area (Å²) in [7, 11) is 0. The highest BCUT2D eigenvalue weighted by molar-refractivity contribution is 5.93. The Morgan fingerprint density at radius 3 is 2.06 bits per heavy atom. The van der Waals surface area contributed by atoms with Crippen LogP contribution >= 0.6 is 0 Å². The Bertz CT molecular complexity index is 982. The van der Waals surface area contributed by atoms with E-state index in [1.807, 2.05) is 60.7 Å². The maximum Gasteiger partial charge on any atom is 0.329 e. The Morgan fingerprint density at radius 1 is 0.941 bits per heavy atom. The number of amides is 1. The molecule has 2 aromatic rings. The van der Waals surface area contributed by atoms with Crippen molar-refractivity contribution in [2.75, 3.05) is 6.54 Å². The van der Waals surface area contributed by atoms with E-state index in [9.17, 15) is 14.4 Å². The number of benzene rings is 2. The maximum absolute atomic E-state index is 13.2. The minimum absolute atomic E-state index is 0.0266. The molecule has 1 saturated heterocycles. The van der Waals surface area contributed by atoms with Crippen LogP contribution in [0.15, 0.2) is 60.7 Å². The molecule has 2 fully saturated rings. The number of nitrogens with zero attached hydrogens (tertiary/aromatic N) is 1. The van der Waals surface area contributed by atoms with Crippen molar-refractivity contribution in [2.45, 2.75) is 64.7 Å². The fourth-order valence-corrected chi connectivity index (χ4v) is 4.91. The smallest absolute Gasteiger partial charge is 0.329 e. The lowest BCUT2D eigenvalue weighted by atomic mass is 9.65. The van der Waals surface area contributed by atoms with Crippen LogP contribution in [-0.4, -0.2) is 35.3 Å². The van der Waals surface area contributed by atoms with Crippen LogP contribution in [0.4, 0.5) is 0 Å². The zero-order valence-electron chi connectivity index (χ0n) is 19.8. The molecule has 2 aromatic carbocycles. The molecular formula is C28H33NO5. The maximum atomic E-state index is 13.2. The summed E-state index contributed by atoms with van der Waals surface area (Å²) in [6.45, 7) is 3.10. The lowest BCUT2D eigenvalue weighted by molar-refractivity contribution is -0.179. The first kappa shape index (κ1) is 24.0. The number of carbonyl (C=O) groups is 3. The van der Waals surface area contributed by atoms with E-state index < -0.39 is 12.0 Å². The Hall–Kier alpha value is -3.15. The second kappa shape index (κ2) is 10.9. The van der Waals surface area contributed by atoms with Gasteiger partial charge >= 0.3 is 11.9 Å². The molecule has 0 radical (unpaired) electrons. The fraction of sp³-hybridized carbons (Fsp3) is 0.464. The minimum atomic E-state index is -0.773. The van der Waals surface area contributed by atoms with Crippen LogP contribution in [0.1, 0.15) is 56.6 Å². The van der Waals surface area contributed by atoms with Gasteiger partial charge in [0.2, 0.25) is 5.91 Å². The highest BCUT2D eigenvalue weighted by Gasteiger charge is 2.55. The molecule has 4 rings (SSSR count). The Morgan fingerprint density at radius 2 is 1.50 bits per heavy atom. The van der Waals surface area contributed by atoms with Crippen molar-refractivity contribution in [3.8, 4) is 0 Å². The molecule has 1 saturated carbocycles. The van der Waals surface area contributed by atoms with Crippen molar-refractivity contribution in [2.24, 2.45) is 11.3 Å². The highest BCUT2D eigenvalue weighted by Crippen LogP contribution is 2.47. The predicted molar refractivity (Wildman–Crippen MR) is 127 cm³/mol. The van der Waals surface area contributed by atoms with Gasteiger partial charge in [-0.25, -0.2) is 4.79 Å². The molecule has 1 aliphatic heterocycles. The zero-order chi connectivity index (χ0) is 24.0. The first-order valence-electron chi connectivity index (χ1n) is 12.2. The van der Waals surface area contributed by atoms with Crippen LogP contribution < -0.4 is 0 Å². The Labute approximate surface area is 201 Å². The molecule has 0 bridgehead atoms. The van der Waals surface area contributed by atoms with E-state index in [0.717, 1.165) is 36.8 Å². The third-order valence-electron chi connectivity index (χ3n) is 7.16. The first-order chi connectivity index (χ1) is 16.5. The second-order valence-corrected chi connectivity index (χ2v) is 9.69. The van der Waals surface area contributed by atoms with Gasteiger partial charge in [-0.15, -0.1) is 0 Å². The van der Waals surface area contributed by atoms with Crippen LogP contribution in [0.5, 0.6) is 0 Å². The molecule has 34 heavy (non-hydrogen) atoms. The van der Waals surface area contributed by atoms with E-state index in [-0.39, 0.29) is 43.3 Å². The van der Waals surface area contributed by atoms with Crippen molar-refractivity contribution >= 4 is 17.8 Å². The lowest BCUT2D eigenvalue weighted by Gasteiger charge is -2.53. The van der Waals surface area contributed by atoms with Gasteiger partial charge in [-0.2, -0.15) is 0 Å². The van der Waals surface area contributed by atoms with E-state index >= 15 is 0 Å². The molecule has 180 valence electrons. The third kappa shape index (κ3) is 5.66. The van der Waals surface area contributed by atoms with Crippen LogP contribution in [-0.2, 0) is 37.1 Å². The van der Waals surface area contributed by atoms with Crippen LogP contribution in [0.3, 0.4) is 0 Å². The average Bonchev–Trinajstić information content (AvgIpc) is 2.87. The number of ether oxygens (including phenoxy) is 2. The Balaban J connectivity index is 1.36. The van der Waals surface area contributed by atoms with E-state index in [1.54, 1.807) is 4.90 Å². The number of rotatable bonds is 9. The minimum Gasteiger partial charge on any atom is -0.461 e. The predicted octanol–water partition coefficient (Wildman–Crippen LogP) is 4.66. The molecule has 0 unspecified atom stereocenters. The van der Waals surface area contributed by atoms with Crippen LogP contribution in [0.2, 0.25) is 0 Å². The van der Waals surface area contributed by atoms with Gasteiger partial charge in [0, 0.05) is 13.0 Å². The number of β-lactam (4-membered cyclic amide) rings is 1. The summed E-state index contributed by atoms with van der Waals surface area (Å²) in [5.41, 5.74) is 1.45. The molecule has 1 amide bonds. The molecule has 6 nitrogen and oxygen atoms in total. The van der Waals surface area contributed by atoms with Gasteiger partial charge < -0.3 is 14.4 Å². The summed E-state index contributed by atoms with van der Waals surface area (Å²) in [5.74, 6) is -0.191. The van der Waals surface area contributed by atoms with E-state index in [4.69, 9.17) is 9.47 Å². The number of likely N-dealkylation sites (tertiary alicyclic amines) is 1. The molecule has 0 aromatic heterocycles. The van der Waals surface area contributed by atoms with Gasteiger partial charge in [-0.1, -0.05) is 67.6 Å². The van der Waals surface area contributed by atoms with Crippen molar-refractivity contribution in [1.29, 1.82) is 0 Å². The normalized spacial score (nSPS) is 22.7. The quantitative estimate of drug-likeness (QED) is 0.399. The molecule has 1 spiro atoms. The molecular weight excluding hydrogens is 430 g/mol.